The molecule has 0 aromatic carbocycles. The Balaban J connectivity index is 3.06. The first kappa shape index (κ1) is 8.78. The number of fused-ring (bicyclic) bond motifs is 1. The van der Waals surface area contributed by atoms with Crippen LogP contribution in [0.3, 0.4) is 0 Å². The highest BCUT2D eigenvalue weighted by atomic mass is 79.9. The lowest BCUT2D eigenvalue weighted by Crippen LogP contribution is -2.14. The van der Waals surface area contributed by atoms with Crippen LogP contribution < -0.4 is 5.56 Å². The maximum Gasteiger partial charge on any atom is 0.270 e. The van der Waals surface area contributed by atoms with E-state index in [1.807, 2.05) is 18.2 Å². The number of hydrogen-bond donors (Lipinski definition) is 0. The van der Waals surface area contributed by atoms with E-state index < -0.39 is 0 Å². The normalized spacial score (nSPS) is 10.6. The first-order valence-corrected chi connectivity index (χ1v) is 4.83. The summed E-state index contributed by atoms with van der Waals surface area (Å²) in [7, 11) is 0. The van der Waals surface area contributed by atoms with Crippen LogP contribution in [-0.4, -0.2) is 4.40 Å². The molecule has 0 saturated heterocycles. The van der Waals surface area contributed by atoms with E-state index in [-0.39, 0.29) is 5.56 Å². The SMILES string of the molecule is O=c1c(Br)ccc2cccc(Cl)n12. The largest absolute Gasteiger partial charge is 0.270 e. The summed E-state index contributed by atoms with van der Waals surface area (Å²) < 4.78 is 1.96. The lowest BCUT2D eigenvalue weighted by atomic mass is 10.3. The fourth-order valence-electron chi connectivity index (χ4n) is 1.18. The molecule has 2 aromatic heterocycles. The van der Waals surface area contributed by atoms with Gasteiger partial charge in [0.1, 0.15) is 5.15 Å². The second-order valence-electron chi connectivity index (χ2n) is 2.60. The Bertz CT molecular complexity index is 520. The van der Waals surface area contributed by atoms with Crippen LogP contribution in [0.25, 0.3) is 5.52 Å². The van der Waals surface area contributed by atoms with Crippen molar-refractivity contribution >= 4 is 33.0 Å². The Kier molecular flexibility index (Phi) is 2.14. The molecular formula is C9H5BrClNO. The first-order chi connectivity index (χ1) is 6.20. The van der Waals surface area contributed by atoms with Crippen LogP contribution in [0.2, 0.25) is 5.15 Å². The number of pyridine rings is 2. The summed E-state index contributed by atoms with van der Waals surface area (Å²) in [6, 6.07) is 8.87. The highest BCUT2D eigenvalue weighted by Gasteiger charge is 2.02. The molecule has 0 aliphatic carbocycles. The predicted molar refractivity (Wildman–Crippen MR) is 56.4 cm³/mol. The summed E-state index contributed by atoms with van der Waals surface area (Å²) in [6.45, 7) is 0. The van der Waals surface area contributed by atoms with Crippen LogP contribution in [0.5, 0.6) is 0 Å². The number of halogens is 2. The van der Waals surface area contributed by atoms with E-state index in [1.54, 1.807) is 12.1 Å². The van der Waals surface area contributed by atoms with Gasteiger partial charge in [0.2, 0.25) is 0 Å². The number of nitrogens with zero attached hydrogens (tertiary/aromatic N) is 1. The van der Waals surface area contributed by atoms with Gasteiger partial charge < -0.3 is 0 Å². The quantitative estimate of drug-likeness (QED) is 0.666. The van der Waals surface area contributed by atoms with E-state index in [0.717, 1.165) is 5.52 Å². The third-order valence-electron chi connectivity index (χ3n) is 1.78. The molecule has 0 radical (unpaired) electrons. The van der Waals surface area contributed by atoms with Crippen molar-refractivity contribution in [3.63, 3.8) is 0 Å². The summed E-state index contributed by atoms with van der Waals surface area (Å²) >= 11 is 9.03. The van der Waals surface area contributed by atoms with Gasteiger partial charge in [0, 0.05) is 0 Å². The van der Waals surface area contributed by atoms with Gasteiger partial charge in [-0.15, -0.1) is 0 Å². The Hall–Kier alpha value is -0.800. The molecule has 2 heterocycles. The van der Waals surface area contributed by atoms with Crippen molar-refractivity contribution < 1.29 is 0 Å². The smallest absolute Gasteiger partial charge is 0.268 e. The van der Waals surface area contributed by atoms with E-state index in [0.29, 0.717) is 9.63 Å². The number of aromatic nitrogens is 1. The average Bonchev–Trinajstić information content (AvgIpc) is 2.12. The van der Waals surface area contributed by atoms with E-state index in [2.05, 4.69) is 15.9 Å². The molecule has 0 amide bonds. The minimum absolute atomic E-state index is 0.136. The molecule has 2 aromatic rings. The minimum Gasteiger partial charge on any atom is -0.268 e. The molecule has 13 heavy (non-hydrogen) atoms. The molecule has 0 aliphatic heterocycles. The van der Waals surface area contributed by atoms with Crippen LogP contribution in [0, 0.1) is 0 Å². The van der Waals surface area contributed by atoms with Crippen molar-refractivity contribution in [2.75, 3.05) is 0 Å². The van der Waals surface area contributed by atoms with Gasteiger partial charge in [0.25, 0.3) is 5.56 Å². The molecule has 4 heteroatoms. The van der Waals surface area contributed by atoms with Gasteiger partial charge in [-0.25, -0.2) is 0 Å². The summed E-state index contributed by atoms with van der Waals surface area (Å²) in [5.41, 5.74) is 0.656. The molecule has 0 fully saturated rings. The van der Waals surface area contributed by atoms with Gasteiger partial charge in [-0.1, -0.05) is 17.7 Å². The highest BCUT2D eigenvalue weighted by molar-refractivity contribution is 9.10. The van der Waals surface area contributed by atoms with Gasteiger partial charge in [-0.2, -0.15) is 0 Å². The molecular weight excluding hydrogens is 253 g/mol. The maximum atomic E-state index is 11.6. The van der Waals surface area contributed by atoms with Crippen molar-refractivity contribution in [2.45, 2.75) is 0 Å². The van der Waals surface area contributed by atoms with Crippen molar-refractivity contribution in [3.8, 4) is 0 Å². The molecule has 0 spiro atoms. The maximum absolute atomic E-state index is 11.6. The molecule has 0 bridgehead atoms. The standard InChI is InChI=1S/C9H5BrClNO/c10-7-5-4-6-2-1-3-8(11)12(6)9(7)13/h1-5H. The van der Waals surface area contributed by atoms with Gasteiger partial charge in [-0.3, -0.25) is 9.20 Å². The number of rotatable bonds is 0. The van der Waals surface area contributed by atoms with Crippen LogP contribution in [-0.2, 0) is 0 Å². The molecule has 66 valence electrons. The molecule has 2 rings (SSSR count). The van der Waals surface area contributed by atoms with Crippen molar-refractivity contribution in [1.82, 2.24) is 4.40 Å². The summed E-state index contributed by atoms with van der Waals surface area (Å²) in [4.78, 5) is 11.6. The molecule has 0 unspecified atom stereocenters. The Morgan fingerprint density at radius 1 is 1.23 bits per heavy atom. The lowest BCUT2D eigenvalue weighted by molar-refractivity contribution is 1.08. The monoisotopic (exact) mass is 257 g/mol. The lowest BCUT2D eigenvalue weighted by Gasteiger charge is -2.02. The highest BCUT2D eigenvalue weighted by Crippen LogP contribution is 2.12. The molecule has 0 N–H and O–H groups in total. The van der Waals surface area contributed by atoms with Crippen molar-refractivity contribution in [1.29, 1.82) is 0 Å². The van der Waals surface area contributed by atoms with Crippen LogP contribution in [0.15, 0.2) is 39.6 Å². The Morgan fingerprint density at radius 2 is 2.00 bits per heavy atom. The first-order valence-electron chi connectivity index (χ1n) is 3.66. The molecule has 0 atom stereocenters. The van der Waals surface area contributed by atoms with Gasteiger partial charge in [0.15, 0.2) is 0 Å². The zero-order valence-electron chi connectivity index (χ0n) is 6.50. The molecule has 0 saturated carbocycles. The van der Waals surface area contributed by atoms with E-state index in [9.17, 15) is 4.79 Å². The van der Waals surface area contributed by atoms with Crippen LogP contribution >= 0.6 is 27.5 Å². The van der Waals surface area contributed by atoms with Crippen LogP contribution in [0.1, 0.15) is 0 Å². The topological polar surface area (TPSA) is 21.5 Å². The molecule has 2 nitrogen and oxygen atoms in total. The minimum atomic E-state index is -0.136. The van der Waals surface area contributed by atoms with Crippen LogP contribution in [0.4, 0.5) is 0 Å². The Morgan fingerprint density at radius 3 is 2.77 bits per heavy atom. The van der Waals surface area contributed by atoms with E-state index >= 15 is 0 Å². The Labute approximate surface area is 87.9 Å². The molecule has 0 aliphatic rings. The van der Waals surface area contributed by atoms with Crippen molar-refractivity contribution in [2.24, 2.45) is 0 Å². The second kappa shape index (κ2) is 3.16. The van der Waals surface area contributed by atoms with E-state index in [1.165, 1.54) is 4.40 Å². The van der Waals surface area contributed by atoms with Crippen molar-refractivity contribution in [3.05, 3.63) is 50.3 Å². The number of hydrogen-bond acceptors (Lipinski definition) is 1. The van der Waals surface area contributed by atoms with E-state index in [4.69, 9.17) is 11.6 Å². The second-order valence-corrected chi connectivity index (χ2v) is 3.84. The van der Waals surface area contributed by atoms with Gasteiger partial charge in [-0.05, 0) is 40.2 Å². The average molecular weight is 259 g/mol. The zero-order chi connectivity index (χ0) is 9.42. The third-order valence-corrected chi connectivity index (χ3v) is 2.68. The summed E-state index contributed by atoms with van der Waals surface area (Å²) in [5.74, 6) is 0. The summed E-state index contributed by atoms with van der Waals surface area (Å²) in [5, 5.41) is 0.420. The summed E-state index contributed by atoms with van der Waals surface area (Å²) in [6.07, 6.45) is 0. The zero-order valence-corrected chi connectivity index (χ0v) is 8.84. The van der Waals surface area contributed by atoms with Gasteiger partial charge >= 0.3 is 0 Å². The fraction of sp³-hybridized carbons (Fsp3) is 0. The third kappa shape index (κ3) is 1.38. The fourth-order valence-corrected chi connectivity index (χ4v) is 1.74. The predicted octanol–water partition coefficient (Wildman–Crippen LogP) is 2.72. The van der Waals surface area contributed by atoms with Gasteiger partial charge in [0.05, 0.1) is 9.99 Å².